The zero-order chi connectivity index (χ0) is 13.7. The lowest BCUT2D eigenvalue weighted by molar-refractivity contribution is -0.131. The maximum atomic E-state index is 12.1. The third-order valence-electron chi connectivity index (χ3n) is 4.52. The fourth-order valence-corrected chi connectivity index (χ4v) is 3.31. The Morgan fingerprint density at radius 3 is 2.84 bits per heavy atom. The molecule has 0 radical (unpaired) electrons. The van der Waals surface area contributed by atoms with Gasteiger partial charge in [0.05, 0.1) is 6.10 Å². The summed E-state index contributed by atoms with van der Waals surface area (Å²) in [6.07, 6.45) is 8.89. The predicted molar refractivity (Wildman–Crippen MR) is 75.8 cm³/mol. The van der Waals surface area contributed by atoms with Gasteiger partial charge in [-0.25, -0.2) is 0 Å². The summed E-state index contributed by atoms with van der Waals surface area (Å²) >= 11 is 0. The molecular formula is C15H28N2O2. The van der Waals surface area contributed by atoms with Crippen molar-refractivity contribution in [2.75, 3.05) is 20.2 Å². The first-order chi connectivity index (χ1) is 9.15. The molecule has 1 aliphatic heterocycles. The molecule has 1 heterocycles. The number of nitrogens with two attached hydrogens (primary N) is 1. The molecule has 0 spiro atoms. The highest BCUT2D eigenvalue weighted by molar-refractivity contribution is 5.75. The Labute approximate surface area is 116 Å². The normalized spacial score (nSPS) is 31.4. The number of hydrogen-bond donors (Lipinski definition) is 1. The molecule has 1 aliphatic carbocycles. The molecule has 2 rings (SSSR count). The van der Waals surface area contributed by atoms with E-state index in [-0.39, 0.29) is 12.0 Å². The van der Waals surface area contributed by atoms with Crippen LogP contribution in [0, 0.1) is 5.92 Å². The second kappa shape index (κ2) is 7.25. The van der Waals surface area contributed by atoms with E-state index in [2.05, 4.69) is 0 Å². The van der Waals surface area contributed by atoms with Crippen molar-refractivity contribution in [3.63, 3.8) is 0 Å². The smallest absolute Gasteiger partial charge is 0.222 e. The van der Waals surface area contributed by atoms with Gasteiger partial charge in [0.1, 0.15) is 0 Å². The van der Waals surface area contributed by atoms with E-state index in [0.717, 1.165) is 45.3 Å². The van der Waals surface area contributed by atoms with E-state index < -0.39 is 0 Å². The van der Waals surface area contributed by atoms with Gasteiger partial charge in [-0.1, -0.05) is 12.8 Å². The van der Waals surface area contributed by atoms with Crippen LogP contribution in [-0.2, 0) is 9.53 Å². The van der Waals surface area contributed by atoms with E-state index >= 15 is 0 Å². The van der Waals surface area contributed by atoms with Gasteiger partial charge < -0.3 is 15.4 Å². The predicted octanol–water partition coefficient (Wildman–Crippen LogP) is 1.92. The number of hydrogen-bond acceptors (Lipinski definition) is 3. The van der Waals surface area contributed by atoms with E-state index in [4.69, 9.17) is 10.5 Å². The van der Waals surface area contributed by atoms with Crippen LogP contribution >= 0.6 is 0 Å². The summed E-state index contributed by atoms with van der Waals surface area (Å²) in [7, 11) is 1.90. The van der Waals surface area contributed by atoms with Crippen LogP contribution in [0.15, 0.2) is 0 Å². The molecule has 0 bridgehead atoms. The fraction of sp³-hybridized carbons (Fsp3) is 0.933. The molecule has 3 atom stereocenters. The van der Waals surface area contributed by atoms with Gasteiger partial charge in [-0.3, -0.25) is 4.79 Å². The quantitative estimate of drug-likeness (QED) is 0.829. The molecule has 19 heavy (non-hydrogen) atoms. The third kappa shape index (κ3) is 4.77. The van der Waals surface area contributed by atoms with Crippen molar-refractivity contribution in [1.82, 2.24) is 4.90 Å². The van der Waals surface area contributed by atoms with Crippen molar-refractivity contribution in [3.05, 3.63) is 0 Å². The summed E-state index contributed by atoms with van der Waals surface area (Å²) in [6, 6.07) is 0.360. The SMILES string of the molecule is CN(CC1CCCO1)C(=O)CCC1CCCC(N)C1. The maximum absolute atomic E-state index is 12.1. The Morgan fingerprint density at radius 2 is 2.16 bits per heavy atom. The number of amides is 1. The van der Waals surface area contributed by atoms with Gasteiger partial charge in [0, 0.05) is 32.7 Å². The van der Waals surface area contributed by atoms with Crippen LogP contribution in [0.5, 0.6) is 0 Å². The van der Waals surface area contributed by atoms with Gasteiger partial charge in [0.15, 0.2) is 0 Å². The zero-order valence-corrected chi connectivity index (χ0v) is 12.1. The van der Waals surface area contributed by atoms with Crippen molar-refractivity contribution >= 4 is 5.91 Å². The average molecular weight is 268 g/mol. The largest absolute Gasteiger partial charge is 0.376 e. The molecule has 2 aliphatic rings. The molecule has 1 saturated carbocycles. The third-order valence-corrected chi connectivity index (χ3v) is 4.52. The highest BCUT2D eigenvalue weighted by Crippen LogP contribution is 2.27. The highest BCUT2D eigenvalue weighted by Gasteiger charge is 2.22. The molecule has 4 nitrogen and oxygen atoms in total. The summed E-state index contributed by atoms with van der Waals surface area (Å²) < 4.78 is 5.57. The minimum absolute atomic E-state index is 0.259. The van der Waals surface area contributed by atoms with Crippen LogP contribution in [-0.4, -0.2) is 43.2 Å². The molecule has 3 unspecified atom stereocenters. The van der Waals surface area contributed by atoms with Crippen LogP contribution in [0.25, 0.3) is 0 Å². The number of carbonyl (C=O) groups excluding carboxylic acids is 1. The van der Waals surface area contributed by atoms with E-state index in [0.29, 0.717) is 18.4 Å². The standard InChI is InChI=1S/C15H28N2O2/c1-17(11-14-6-3-9-19-14)15(18)8-7-12-4-2-5-13(16)10-12/h12-14H,2-11,16H2,1H3. The van der Waals surface area contributed by atoms with E-state index in [9.17, 15) is 4.79 Å². The van der Waals surface area contributed by atoms with Crippen LogP contribution in [0.3, 0.4) is 0 Å². The molecule has 2 fully saturated rings. The van der Waals surface area contributed by atoms with Gasteiger partial charge in [0.2, 0.25) is 5.91 Å². The Morgan fingerprint density at radius 1 is 1.32 bits per heavy atom. The molecular weight excluding hydrogens is 240 g/mol. The summed E-state index contributed by atoms with van der Waals surface area (Å²) in [5, 5.41) is 0. The number of carbonyl (C=O) groups is 1. The van der Waals surface area contributed by atoms with Gasteiger partial charge in [0.25, 0.3) is 0 Å². The van der Waals surface area contributed by atoms with Crippen LogP contribution in [0.2, 0.25) is 0 Å². The second-order valence-electron chi connectivity index (χ2n) is 6.24. The molecule has 0 aromatic carbocycles. The lowest BCUT2D eigenvalue weighted by Crippen LogP contribution is -2.34. The van der Waals surface area contributed by atoms with Crippen LogP contribution in [0.4, 0.5) is 0 Å². The van der Waals surface area contributed by atoms with Gasteiger partial charge >= 0.3 is 0 Å². The second-order valence-corrected chi connectivity index (χ2v) is 6.24. The summed E-state index contributed by atoms with van der Waals surface area (Å²) in [5.74, 6) is 0.915. The topological polar surface area (TPSA) is 55.6 Å². The number of nitrogens with zero attached hydrogens (tertiary/aromatic N) is 1. The Kier molecular flexibility index (Phi) is 5.64. The van der Waals surface area contributed by atoms with Crippen molar-refractivity contribution in [1.29, 1.82) is 0 Å². The van der Waals surface area contributed by atoms with Crippen LogP contribution < -0.4 is 5.73 Å². The monoisotopic (exact) mass is 268 g/mol. The molecule has 4 heteroatoms. The summed E-state index contributed by atoms with van der Waals surface area (Å²) in [6.45, 7) is 1.61. The zero-order valence-electron chi connectivity index (χ0n) is 12.1. The first-order valence-electron chi connectivity index (χ1n) is 7.76. The van der Waals surface area contributed by atoms with E-state index in [1.807, 2.05) is 11.9 Å². The van der Waals surface area contributed by atoms with Crippen molar-refractivity contribution in [3.8, 4) is 0 Å². The molecule has 2 N–H and O–H groups in total. The number of rotatable bonds is 5. The first-order valence-corrected chi connectivity index (χ1v) is 7.76. The van der Waals surface area contributed by atoms with Gasteiger partial charge in [-0.05, 0) is 38.0 Å². The van der Waals surface area contributed by atoms with Gasteiger partial charge in [-0.15, -0.1) is 0 Å². The van der Waals surface area contributed by atoms with E-state index in [1.165, 1.54) is 12.8 Å². The van der Waals surface area contributed by atoms with Gasteiger partial charge in [-0.2, -0.15) is 0 Å². The van der Waals surface area contributed by atoms with E-state index in [1.54, 1.807) is 0 Å². The summed E-state index contributed by atoms with van der Waals surface area (Å²) in [5.41, 5.74) is 5.99. The molecule has 0 aromatic rings. The van der Waals surface area contributed by atoms with Crippen molar-refractivity contribution in [2.45, 2.75) is 63.5 Å². The maximum Gasteiger partial charge on any atom is 0.222 e. The highest BCUT2D eigenvalue weighted by atomic mass is 16.5. The Hall–Kier alpha value is -0.610. The molecule has 110 valence electrons. The van der Waals surface area contributed by atoms with Crippen LogP contribution in [0.1, 0.15) is 51.4 Å². The molecule has 0 aromatic heterocycles. The van der Waals surface area contributed by atoms with Crippen molar-refractivity contribution < 1.29 is 9.53 Å². The molecule has 1 saturated heterocycles. The minimum Gasteiger partial charge on any atom is -0.376 e. The minimum atomic E-state index is 0.259. The molecule has 1 amide bonds. The Bertz CT molecular complexity index is 290. The lowest BCUT2D eigenvalue weighted by Gasteiger charge is -2.27. The number of ether oxygens (including phenoxy) is 1. The average Bonchev–Trinajstić information content (AvgIpc) is 2.89. The number of likely N-dealkylation sites (N-methyl/N-ethyl adjacent to an activating group) is 1. The fourth-order valence-electron chi connectivity index (χ4n) is 3.31. The van der Waals surface area contributed by atoms with Crippen molar-refractivity contribution in [2.24, 2.45) is 11.7 Å². The lowest BCUT2D eigenvalue weighted by atomic mass is 9.83. The summed E-state index contributed by atoms with van der Waals surface area (Å²) in [4.78, 5) is 13.9. The first kappa shape index (κ1) is 14.8. The Balaban J connectivity index is 1.65.